The lowest BCUT2D eigenvalue weighted by Crippen LogP contribution is -2.29. The van der Waals surface area contributed by atoms with Crippen LogP contribution in [0.3, 0.4) is 0 Å². The van der Waals surface area contributed by atoms with Crippen molar-refractivity contribution in [3.05, 3.63) is 35.6 Å². The first-order chi connectivity index (χ1) is 9.39. The fraction of sp³-hybridized carbons (Fsp3) is 0.467. The predicted molar refractivity (Wildman–Crippen MR) is 77.9 cm³/mol. The van der Waals surface area contributed by atoms with E-state index in [0.717, 1.165) is 22.3 Å². The van der Waals surface area contributed by atoms with Crippen molar-refractivity contribution >= 4 is 18.6 Å². The number of furan rings is 1. The van der Waals surface area contributed by atoms with E-state index >= 15 is 0 Å². The van der Waals surface area contributed by atoms with E-state index in [0.29, 0.717) is 13.2 Å². The van der Waals surface area contributed by atoms with Crippen LogP contribution in [0.1, 0.15) is 25.2 Å². The van der Waals surface area contributed by atoms with Gasteiger partial charge in [-0.25, -0.2) is 0 Å². The van der Waals surface area contributed by atoms with Crippen LogP contribution in [-0.2, 0) is 19.8 Å². The number of fused-ring (bicyclic) bond motifs is 1. The molecule has 0 spiro atoms. The molecule has 0 amide bonds. The molecule has 0 atom stereocenters. The molecule has 1 aliphatic heterocycles. The Balaban J connectivity index is 1.90. The van der Waals surface area contributed by atoms with E-state index in [1.807, 2.05) is 45.0 Å². The molecule has 1 aromatic heterocycles. The Morgan fingerprint density at radius 3 is 2.55 bits per heavy atom. The maximum Gasteiger partial charge on any atom is 0.335 e. The number of aryl methyl sites for hydroxylation is 1. The normalized spacial score (nSPS) is 21.1. The van der Waals surface area contributed by atoms with E-state index in [2.05, 4.69) is 0 Å². The van der Waals surface area contributed by atoms with E-state index < -0.39 is 7.60 Å². The summed E-state index contributed by atoms with van der Waals surface area (Å²) < 4.78 is 29.5. The van der Waals surface area contributed by atoms with Gasteiger partial charge in [-0.15, -0.1) is 0 Å². The van der Waals surface area contributed by atoms with Gasteiger partial charge in [-0.2, -0.15) is 0 Å². The summed E-state index contributed by atoms with van der Waals surface area (Å²) in [7, 11) is -3.07. The van der Waals surface area contributed by atoms with Crippen LogP contribution in [0.5, 0.6) is 0 Å². The lowest BCUT2D eigenvalue weighted by Gasteiger charge is -2.34. The maximum absolute atomic E-state index is 12.7. The van der Waals surface area contributed by atoms with E-state index in [1.165, 1.54) is 0 Å². The quantitative estimate of drug-likeness (QED) is 0.765. The number of rotatable bonds is 2. The van der Waals surface area contributed by atoms with Crippen LogP contribution in [0.15, 0.2) is 28.7 Å². The smallest absolute Gasteiger partial charge is 0.335 e. The van der Waals surface area contributed by atoms with Crippen LogP contribution in [0, 0.1) is 12.3 Å². The summed E-state index contributed by atoms with van der Waals surface area (Å²) >= 11 is 0. The van der Waals surface area contributed by atoms with Crippen molar-refractivity contribution in [1.82, 2.24) is 0 Å². The molecule has 20 heavy (non-hydrogen) atoms. The third-order valence-electron chi connectivity index (χ3n) is 3.56. The molecule has 108 valence electrons. The molecule has 1 fully saturated rings. The molecule has 1 aliphatic rings. The minimum atomic E-state index is -3.07. The first-order valence-electron chi connectivity index (χ1n) is 6.74. The SMILES string of the molecule is Cc1oc2ccccc2c1CP1(=O)OCC(C)(C)CO1. The molecule has 0 bridgehead atoms. The summed E-state index contributed by atoms with van der Waals surface area (Å²) in [5, 5.41) is 0.984. The third kappa shape index (κ3) is 2.56. The molecule has 4 nitrogen and oxygen atoms in total. The van der Waals surface area contributed by atoms with Crippen molar-refractivity contribution in [2.24, 2.45) is 5.41 Å². The molecule has 1 saturated heterocycles. The van der Waals surface area contributed by atoms with Gasteiger partial charge in [-0.1, -0.05) is 32.0 Å². The molecule has 0 unspecified atom stereocenters. The van der Waals surface area contributed by atoms with Gasteiger partial charge in [0, 0.05) is 16.4 Å². The molecule has 2 aromatic rings. The van der Waals surface area contributed by atoms with Crippen molar-refractivity contribution in [3.63, 3.8) is 0 Å². The standard InChI is InChI=1S/C15H19O4P/c1-11-13(12-6-4-5-7-14(12)19-11)8-20(16)17-9-15(2,3)10-18-20/h4-7H,8-10H2,1-3H3. The molecule has 5 heteroatoms. The van der Waals surface area contributed by atoms with Crippen molar-refractivity contribution in [3.8, 4) is 0 Å². The van der Waals surface area contributed by atoms with E-state index in [4.69, 9.17) is 13.5 Å². The van der Waals surface area contributed by atoms with Gasteiger partial charge in [0.15, 0.2) is 0 Å². The Hall–Kier alpha value is -1.09. The number of hydrogen-bond donors (Lipinski definition) is 0. The molecule has 0 saturated carbocycles. The van der Waals surface area contributed by atoms with Gasteiger partial charge in [0.25, 0.3) is 0 Å². The highest BCUT2D eigenvalue weighted by atomic mass is 31.2. The largest absolute Gasteiger partial charge is 0.461 e. The van der Waals surface area contributed by atoms with Crippen molar-refractivity contribution in [1.29, 1.82) is 0 Å². The monoisotopic (exact) mass is 294 g/mol. The van der Waals surface area contributed by atoms with Crippen molar-refractivity contribution in [2.75, 3.05) is 13.2 Å². The summed E-state index contributed by atoms with van der Waals surface area (Å²) in [6.07, 6.45) is 0.270. The first-order valence-corrected chi connectivity index (χ1v) is 8.47. The third-order valence-corrected chi connectivity index (χ3v) is 5.30. The highest BCUT2D eigenvalue weighted by molar-refractivity contribution is 7.53. The zero-order chi connectivity index (χ0) is 14.4. The van der Waals surface area contributed by atoms with Crippen LogP contribution in [0.2, 0.25) is 0 Å². The molecule has 0 radical (unpaired) electrons. The number of para-hydroxylation sites is 1. The van der Waals surface area contributed by atoms with Crippen LogP contribution in [0.25, 0.3) is 11.0 Å². The highest BCUT2D eigenvalue weighted by Gasteiger charge is 2.37. The van der Waals surface area contributed by atoms with Gasteiger partial charge in [0.2, 0.25) is 0 Å². The fourth-order valence-electron chi connectivity index (χ4n) is 2.33. The summed E-state index contributed by atoms with van der Waals surface area (Å²) in [5.41, 5.74) is 1.65. The molecular weight excluding hydrogens is 275 g/mol. The van der Waals surface area contributed by atoms with Crippen LogP contribution < -0.4 is 0 Å². The van der Waals surface area contributed by atoms with E-state index in [1.54, 1.807) is 0 Å². The van der Waals surface area contributed by atoms with Crippen LogP contribution >= 0.6 is 7.60 Å². The molecule has 0 aliphatic carbocycles. The summed E-state index contributed by atoms with van der Waals surface area (Å²) in [6, 6.07) is 7.75. The molecule has 0 N–H and O–H groups in total. The second kappa shape index (κ2) is 4.73. The lowest BCUT2D eigenvalue weighted by molar-refractivity contribution is 0.0409. The zero-order valence-corrected chi connectivity index (χ0v) is 12.9. The Morgan fingerprint density at radius 1 is 1.20 bits per heavy atom. The van der Waals surface area contributed by atoms with Crippen molar-refractivity contribution < 1.29 is 18.0 Å². The zero-order valence-electron chi connectivity index (χ0n) is 12.0. The molecular formula is C15H19O4P. The van der Waals surface area contributed by atoms with Gasteiger partial charge in [0.1, 0.15) is 11.3 Å². The van der Waals surface area contributed by atoms with Gasteiger partial charge in [0.05, 0.1) is 19.4 Å². The summed E-state index contributed by atoms with van der Waals surface area (Å²) in [5.74, 6) is 0.776. The van der Waals surface area contributed by atoms with Crippen LogP contribution in [0.4, 0.5) is 0 Å². The van der Waals surface area contributed by atoms with Gasteiger partial charge < -0.3 is 13.5 Å². The first kappa shape index (κ1) is 13.9. The fourth-order valence-corrected chi connectivity index (χ4v) is 4.46. The average Bonchev–Trinajstić information content (AvgIpc) is 2.71. The Kier molecular flexibility index (Phi) is 3.28. The van der Waals surface area contributed by atoms with E-state index in [9.17, 15) is 4.57 Å². The van der Waals surface area contributed by atoms with Gasteiger partial charge >= 0.3 is 7.60 Å². The lowest BCUT2D eigenvalue weighted by atomic mass is 9.97. The number of hydrogen-bond acceptors (Lipinski definition) is 4. The Morgan fingerprint density at radius 2 is 1.85 bits per heavy atom. The Bertz CT molecular complexity index is 672. The minimum absolute atomic E-state index is 0.0819. The Labute approximate surface area is 118 Å². The number of benzene rings is 1. The second-order valence-corrected chi connectivity index (χ2v) is 8.17. The average molecular weight is 294 g/mol. The summed E-state index contributed by atoms with van der Waals surface area (Å²) in [6.45, 7) is 6.87. The molecule has 2 heterocycles. The summed E-state index contributed by atoms with van der Waals surface area (Å²) in [4.78, 5) is 0. The van der Waals surface area contributed by atoms with Crippen molar-refractivity contribution in [2.45, 2.75) is 26.9 Å². The maximum atomic E-state index is 12.7. The molecule has 1 aromatic carbocycles. The van der Waals surface area contributed by atoms with Gasteiger partial charge in [-0.05, 0) is 13.0 Å². The minimum Gasteiger partial charge on any atom is -0.461 e. The van der Waals surface area contributed by atoms with Gasteiger partial charge in [-0.3, -0.25) is 4.57 Å². The van der Waals surface area contributed by atoms with E-state index in [-0.39, 0.29) is 11.6 Å². The molecule has 3 rings (SSSR count). The predicted octanol–water partition coefficient (Wildman–Crippen LogP) is 4.51. The van der Waals surface area contributed by atoms with Crippen LogP contribution in [-0.4, -0.2) is 13.2 Å². The highest BCUT2D eigenvalue weighted by Crippen LogP contribution is 2.57. The second-order valence-electron chi connectivity index (χ2n) is 6.11. The topological polar surface area (TPSA) is 48.7 Å².